The molecule has 1 aliphatic heterocycles. The summed E-state index contributed by atoms with van der Waals surface area (Å²) in [5.41, 5.74) is 1.99. The summed E-state index contributed by atoms with van der Waals surface area (Å²) in [6.07, 6.45) is 0.831. The topological polar surface area (TPSA) is 62.1 Å². The Morgan fingerprint density at radius 2 is 1.87 bits per heavy atom. The normalized spacial score (nSPS) is 18.5. The van der Waals surface area contributed by atoms with Crippen LogP contribution < -0.4 is 11.2 Å². The molecule has 0 unspecified atom stereocenters. The number of aromatic nitrogens is 3. The second-order valence-electron chi connectivity index (χ2n) is 8.63. The summed E-state index contributed by atoms with van der Waals surface area (Å²) in [7, 11) is 3.16. The van der Waals surface area contributed by atoms with Crippen LogP contribution in [0.15, 0.2) is 50.4 Å². The van der Waals surface area contributed by atoms with E-state index in [9.17, 15) is 14.0 Å². The van der Waals surface area contributed by atoms with Gasteiger partial charge in [0, 0.05) is 26.2 Å². The molecule has 1 aliphatic rings. The number of nitrogens with zero attached hydrogens (tertiary/aromatic N) is 3. The molecule has 0 amide bonds. The Balaban J connectivity index is 1.98. The largest absolute Gasteiger partial charge is 0.466 e. The Bertz CT molecular complexity index is 1450. The van der Waals surface area contributed by atoms with Gasteiger partial charge in [0.2, 0.25) is 0 Å². The Morgan fingerprint density at radius 3 is 2.55 bits per heavy atom. The predicted octanol–water partition coefficient (Wildman–Crippen LogP) is 3.92. The molecule has 0 bridgehead atoms. The molecule has 4 heterocycles. The fraction of sp³-hybridized carbons (Fsp3) is 0.333. The van der Waals surface area contributed by atoms with Crippen molar-refractivity contribution < 1.29 is 8.81 Å². The van der Waals surface area contributed by atoms with Crippen molar-refractivity contribution in [2.75, 3.05) is 0 Å². The van der Waals surface area contributed by atoms with Gasteiger partial charge in [-0.1, -0.05) is 19.1 Å². The van der Waals surface area contributed by atoms with Crippen LogP contribution in [-0.2, 0) is 20.6 Å². The number of rotatable bonds is 2. The van der Waals surface area contributed by atoms with Crippen molar-refractivity contribution in [3.63, 3.8) is 0 Å². The first kappa shape index (κ1) is 19.6. The van der Waals surface area contributed by atoms with Crippen LogP contribution in [0.2, 0.25) is 0 Å². The van der Waals surface area contributed by atoms with E-state index >= 15 is 0 Å². The standard InChI is InChI=1S/C24H24FN3O3/c1-13-10-17(18-9-8-14(2)31-18)21-22-19(23(29)27(4)24(30)26(22)3)20(28(21)12-13)15-6-5-7-16(25)11-15/h5-9,11,13,17H,10,12H2,1-4H3/t13-,17-/m0/s1. The lowest BCUT2D eigenvalue weighted by Crippen LogP contribution is -2.37. The Kier molecular flexibility index (Phi) is 4.32. The number of benzene rings is 1. The number of halogens is 1. The van der Waals surface area contributed by atoms with Crippen molar-refractivity contribution >= 4 is 10.9 Å². The number of fused-ring (bicyclic) bond motifs is 3. The van der Waals surface area contributed by atoms with Gasteiger partial charge >= 0.3 is 5.69 Å². The molecule has 0 fully saturated rings. The monoisotopic (exact) mass is 421 g/mol. The van der Waals surface area contributed by atoms with Crippen molar-refractivity contribution in [2.24, 2.45) is 20.0 Å². The molecule has 3 aromatic heterocycles. The van der Waals surface area contributed by atoms with E-state index in [1.807, 2.05) is 19.1 Å². The molecule has 2 atom stereocenters. The van der Waals surface area contributed by atoms with E-state index in [0.717, 1.165) is 28.2 Å². The van der Waals surface area contributed by atoms with E-state index in [0.29, 0.717) is 34.6 Å². The van der Waals surface area contributed by atoms with E-state index in [2.05, 4.69) is 11.5 Å². The van der Waals surface area contributed by atoms with Crippen LogP contribution in [0, 0.1) is 18.7 Å². The quantitative estimate of drug-likeness (QED) is 0.493. The van der Waals surface area contributed by atoms with Crippen molar-refractivity contribution in [1.29, 1.82) is 0 Å². The zero-order chi connectivity index (χ0) is 22.0. The van der Waals surface area contributed by atoms with Crippen LogP contribution in [0.3, 0.4) is 0 Å². The fourth-order valence-corrected chi connectivity index (χ4v) is 5.01. The first-order valence-electron chi connectivity index (χ1n) is 10.4. The summed E-state index contributed by atoms with van der Waals surface area (Å²) < 4.78 is 24.9. The average molecular weight is 421 g/mol. The highest BCUT2D eigenvalue weighted by molar-refractivity contribution is 5.96. The summed E-state index contributed by atoms with van der Waals surface area (Å²) in [5.74, 6) is 1.44. The molecular formula is C24H24FN3O3. The highest BCUT2D eigenvalue weighted by atomic mass is 19.1. The van der Waals surface area contributed by atoms with Gasteiger partial charge in [-0.3, -0.25) is 13.9 Å². The number of aryl methyl sites for hydroxylation is 2. The summed E-state index contributed by atoms with van der Waals surface area (Å²) in [6.45, 7) is 4.73. The average Bonchev–Trinajstić information content (AvgIpc) is 3.31. The molecule has 0 aliphatic carbocycles. The molecule has 0 radical (unpaired) electrons. The summed E-state index contributed by atoms with van der Waals surface area (Å²) in [4.78, 5) is 26.2. The number of hydrogen-bond acceptors (Lipinski definition) is 3. The number of hydrogen-bond donors (Lipinski definition) is 0. The summed E-state index contributed by atoms with van der Waals surface area (Å²) >= 11 is 0. The molecule has 0 N–H and O–H groups in total. The van der Waals surface area contributed by atoms with E-state index in [4.69, 9.17) is 4.42 Å². The Hall–Kier alpha value is -3.35. The van der Waals surface area contributed by atoms with Crippen LogP contribution in [0.5, 0.6) is 0 Å². The van der Waals surface area contributed by atoms with Gasteiger partial charge in [0.25, 0.3) is 5.56 Å². The van der Waals surface area contributed by atoms with Crippen LogP contribution in [0.1, 0.15) is 36.5 Å². The van der Waals surface area contributed by atoms with E-state index in [-0.39, 0.29) is 23.0 Å². The van der Waals surface area contributed by atoms with Gasteiger partial charge < -0.3 is 8.98 Å². The van der Waals surface area contributed by atoms with E-state index < -0.39 is 0 Å². The zero-order valence-electron chi connectivity index (χ0n) is 18.0. The van der Waals surface area contributed by atoms with Crippen LogP contribution in [-0.4, -0.2) is 13.7 Å². The molecule has 0 saturated carbocycles. The maximum atomic E-state index is 14.2. The Labute approximate surface area is 178 Å². The molecule has 0 spiro atoms. The third-order valence-electron chi connectivity index (χ3n) is 6.37. The maximum Gasteiger partial charge on any atom is 0.331 e. The Morgan fingerprint density at radius 1 is 1.10 bits per heavy atom. The third kappa shape index (κ3) is 2.83. The summed E-state index contributed by atoms with van der Waals surface area (Å²) in [6, 6.07) is 10.2. The molecular weight excluding hydrogens is 397 g/mol. The van der Waals surface area contributed by atoms with Crippen molar-refractivity contribution in [1.82, 2.24) is 13.7 Å². The van der Waals surface area contributed by atoms with E-state index in [1.165, 1.54) is 23.7 Å². The van der Waals surface area contributed by atoms with Crippen molar-refractivity contribution in [2.45, 2.75) is 32.7 Å². The van der Waals surface area contributed by atoms with E-state index in [1.54, 1.807) is 19.2 Å². The second kappa shape index (κ2) is 6.83. The van der Waals surface area contributed by atoms with Crippen LogP contribution in [0.25, 0.3) is 22.2 Å². The molecule has 6 nitrogen and oxygen atoms in total. The number of furan rings is 1. The SMILES string of the molecule is Cc1ccc([C@@H]2C[C@H](C)Cn3c(-c4cccc(F)c4)c4c(=O)n(C)c(=O)n(C)c4c32)o1. The molecule has 7 heteroatoms. The zero-order valence-corrected chi connectivity index (χ0v) is 18.0. The lowest BCUT2D eigenvalue weighted by atomic mass is 9.87. The molecule has 31 heavy (non-hydrogen) atoms. The first-order valence-corrected chi connectivity index (χ1v) is 10.4. The van der Waals surface area contributed by atoms with Gasteiger partial charge in [0.15, 0.2) is 0 Å². The fourth-order valence-electron chi connectivity index (χ4n) is 5.01. The summed E-state index contributed by atoms with van der Waals surface area (Å²) in [5, 5.41) is 0.438. The maximum absolute atomic E-state index is 14.2. The highest BCUT2D eigenvalue weighted by Gasteiger charge is 2.35. The van der Waals surface area contributed by atoms with Crippen LogP contribution in [0.4, 0.5) is 4.39 Å². The predicted molar refractivity (Wildman–Crippen MR) is 117 cm³/mol. The van der Waals surface area contributed by atoms with Gasteiger partial charge in [0.05, 0.1) is 28.2 Å². The lowest BCUT2D eigenvalue weighted by molar-refractivity contribution is 0.340. The minimum atomic E-state index is -0.385. The molecule has 5 rings (SSSR count). The molecule has 1 aromatic carbocycles. The van der Waals surface area contributed by atoms with Crippen molar-refractivity contribution in [3.05, 3.63) is 80.3 Å². The minimum Gasteiger partial charge on any atom is -0.466 e. The second-order valence-corrected chi connectivity index (χ2v) is 8.63. The van der Waals surface area contributed by atoms with Gasteiger partial charge in [-0.15, -0.1) is 0 Å². The van der Waals surface area contributed by atoms with Crippen molar-refractivity contribution in [3.8, 4) is 11.3 Å². The van der Waals surface area contributed by atoms with Gasteiger partial charge in [0.1, 0.15) is 17.3 Å². The van der Waals surface area contributed by atoms with Crippen LogP contribution >= 0.6 is 0 Å². The smallest absolute Gasteiger partial charge is 0.331 e. The highest BCUT2D eigenvalue weighted by Crippen LogP contribution is 2.44. The molecule has 4 aromatic rings. The first-order chi connectivity index (χ1) is 14.8. The third-order valence-corrected chi connectivity index (χ3v) is 6.37. The minimum absolute atomic E-state index is 0.111. The molecule has 0 saturated heterocycles. The van der Waals surface area contributed by atoms with Gasteiger partial charge in [-0.25, -0.2) is 9.18 Å². The lowest BCUT2D eigenvalue weighted by Gasteiger charge is -2.30. The van der Waals surface area contributed by atoms with Gasteiger partial charge in [-0.05, 0) is 43.5 Å². The van der Waals surface area contributed by atoms with Gasteiger partial charge in [-0.2, -0.15) is 0 Å². The molecule has 160 valence electrons.